The first-order valence-electron chi connectivity index (χ1n) is 7.91. The Morgan fingerprint density at radius 2 is 1.88 bits per heavy atom. The molecule has 1 heterocycles. The highest BCUT2D eigenvalue weighted by atomic mass is 32.2. The summed E-state index contributed by atoms with van der Waals surface area (Å²) in [6, 6.07) is 11.8. The summed E-state index contributed by atoms with van der Waals surface area (Å²) in [5.41, 5.74) is 0.868. The van der Waals surface area contributed by atoms with Crippen LogP contribution in [-0.2, 0) is 10.5 Å². The molecule has 0 fully saturated rings. The van der Waals surface area contributed by atoms with Crippen molar-refractivity contribution in [2.75, 3.05) is 6.54 Å². The van der Waals surface area contributed by atoms with Gasteiger partial charge in [-0.25, -0.2) is 0 Å². The SMILES string of the molecule is O=C(O)CCCCCNC(=O)c1occc1CSc1ccccc1. The first kappa shape index (κ1) is 18.1. The van der Waals surface area contributed by atoms with Crippen molar-refractivity contribution >= 4 is 23.6 Å². The molecular weight excluding hydrogens is 326 g/mol. The van der Waals surface area contributed by atoms with Crippen LogP contribution in [0, 0.1) is 0 Å². The molecule has 1 aromatic carbocycles. The third kappa shape index (κ3) is 6.12. The van der Waals surface area contributed by atoms with Crippen molar-refractivity contribution in [1.29, 1.82) is 0 Å². The van der Waals surface area contributed by atoms with E-state index in [0.29, 0.717) is 24.5 Å². The normalized spacial score (nSPS) is 10.5. The van der Waals surface area contributed by atoms with Crippen LogP contribution in [0.5, 0.6) is 0 Å². The van der Waals surface area contributed by atoms with Gasteiger partial charge < -0.3 is 14.8 Å². The number of hydrogen-bond donors (Lipinski definition) is 2. The maximum atomic E-state index is 12.2. The number of hydrogen-bond acceptors (Lipinski definition) is 4. The van der Waals surface area contributed by atoms with Gasteiger partial charge in [-0.2, -0.15) is 0 Å². The average molecular weight is 347 g/mol. The van der Waals surface area contributed by atoms with Crippen LogP contribution in [0.3, 0.4) is 0 Å². The maximum Gasteiger partial charge on any atom is 0.303 e. The van der Waals surface area contributed by atoms with Crippen LogP contribution in [0.25, 0.3) is 0 Å². The summed E-state index contributed by atoms with van der Waals surface area (Å²) >= 11 is 1.65. The second-order valence-electron chi connectivity index (χ2n) is 5.34. The number of amides is 1. The van der Waals surface area contributed by atoms with E-state index < -0.39 is 5.97 Å². The van der Waals surface area contributed by atoms with E-state index >= 15 is 0 Å². The Bertz CT molecular complexity index is 654. The number of benzene rings is 1. The van der Waals surface area contributed by atoms with Crippen LogP contribution in [0.1, 0.15) is 41.8 Å². The lowest BCUT2D eigenvalue weighted by atomic mass is 10.2. The summed E-state index contributed by atoms with van der Waals surface area (Å²) in [7, 11) is 0. The minimum Gasteiger partial charge on any atom is -0.481 e. The molecule has 2 aromatic rings. The summed E-state index contributed by atoms with van der Waals surface area (Å²) in [6.45, 7) is 0.518. The van der Waals surface area contributed by atoms with E-state index in [9.17, 15) is 9.59 Å². The van der Waals surface area contributed by atoms with Gasteiger partial charge in [-0.1, -0.05) is 24.6 Å². The smallest absolute Gasteiger partial charge is 0.303 e. The highest BCUT2D eigenvalue weighted by Gasteiger charge is 2.15. The van der Waals surface area contributed by atoms with Gasteiger partial charge in [0.2, 0.25) is 0 Å². The Hall–Kier alpha value is -2.21. The van der Waals surface area contributed by atoms with E-state index in [1.165, 1.54) is 6.26 Å². The first-order valence-corrected chi connectivity index (χ1v) is 8.89. The van der Waals surface area contributed by atoms with Gasteiger partial charge in [0.05, 0.1) is 6.26 Å². The lowest BCUT2D eigenvalue weighted by Crippen LogP contribution is -2.24. The largest absolute Gasteiger partial charge is 0.481 e. The summed E-state index contributed by atoms with van der Waals surface area (Å²) < 4.78 is 5.32. The minimum absolute atomic E-state index is 0.174. The van der Waals surface area contributed by atoms with Crippen LogP contribution in [0.2, 0.25) is 0 Å². The van der Waals surface area contributed by atoms with Crippen molar-refractivity contribution in [3.05, 3.63) is 54.0 Å². The Morgan fingerprint density at radius 1 is 1.08 bits per heavy atom. The number of furan rings is 1. The standard InChI is InChI=1S/C18H21NO4S/c20-16(21)9-5-2-6-11-19-18(22)17-14(10-12-23-17)13-24-15-7-3-1-4-8-15/h1,3-4,7-8,10,12H,2,5-6,9,11,13H2,(H,19,22)(H,20,21). The van der Waals surface area contributed by atoms with Crippen molar-refractivity contribution in [1.82, 2.24) is 5.32 Å². The van der Waals surface area contributed by atoms with Gasteiger partial charge in [0.1, 0.15) is 0 Å². The zero-order valence-electron chi connectivity index (χ0n) is 13.4. The second-order valence-corrected chi connectivity index (χ2v) is 6.39. The highest BCUT2D eigenvalue weighted by molar-refractivity contribution is 7.98. The van der Waals surface area contributed by atoms with Crippen molar-refractivity contribution in [3.63, 3.8) is 0 Å². The molecule has 0 spiro atoms. The van der Waals surface area contributed by atoms with Gasteiger partial charge in [-0.15, -0.1) is 11.8 Å². The fourth-order valence-electron chi connectivity index (χ4n) is 2.19. The molecule has 0 atom stereocenters. The van der Waals surface area contributed by atoms with Crippen molar-refractivity contribution in [2.45, 2.75) is 36.3 Å². The molecule has 0 aliphatic heterocycles. The van der Waals surface area contributed by atoms with Crippen molar-refractivity contribution in [2.24, 2.45) is 0 Å². The van der Waals surface area contributed by atoms with Crippen molar-refractivity contribution in [3.8, 4) is 0 Å². The van der Waals surface area contributed by atoms with E-state index in [2.05, 4.69) is 5.32 Å². The lowest BCUT2D eigenvalue weighted by molar-refractivity contribution is -0.137. The second kappa shape index (κ2) is 9.82. The fraction of sp³-hybridized carbons (Fsp3) is 0.333. The number of carboxylic acid groups (broad SMARTS) is 1. The molecule has 24 heavy (non-hydrogen) atoms. The zero-order valence-corrected chi connectivity index (χ0v) is 14.2. The van der Waals surface area contributed by atoms with Gasteiger partial charge in [-0.05, 0) is 31.0 Å². The molecule has 2 rings (SSSR count). The van der Waals surface area contributed by atoms with E-state index in [-0.39, 0.29) is 12.3 Å². The summed E-state index contributed by atoms with van der Waals surface area (Å²) in [5, 5.41) is 11.4. The van der Waals surface area contributed by atoms with E-state index in [1.54, 1.807) is 11.8 Å². The van der Waals surface area contributed by atoms with Gasteiger partial charge in [-0.3, -0.25) is 9.59 Å². The Kier molecular flexibility index (Phi) is 7.42. The third-order valence-corrected chi connectivity index (χ3v) is 4.50. The zero-order chi connectivity index (χ0) is 17.2. The third-order valence-electron chi connectivity index (χ3n) is 3.44. The van der Waals surface area contributed by atoms with Crippen LogP contribution in [-0.4, -0.2) is 23.5 Å². The lowest BCUT2D eigenvalue weighted by Gasteiger charge is -2.05. The quantitative estimate of drug-likeness (QED) is 0.502. The fourth-order valence-corrected chi connectivity index (χ4v) is 3.09. The van der Waals surface area contributed by atoms with Crippen LogP contribution in [0.15, 0.2) is 52.0 Å². The molecule has 0 saturated heterocycles. The van der Waals surface area contributed by atoms with Gasteiger partial charge in [0.15, 0.2) is 5.76 Å². The van der Waals surface area contributed by atoms with Crippen molar-refractivity contribution < 1.29 is 19.1 Å². The predicted molar refractivity (Wildman–Crippen MR) is 93.1 cm³/mol. The Balaban J connectivity index is 1.74. The molecular formula is C18H21NO4S. The monoisotopic (exact) mass is 347 g/mol. The highest BCUT2D eigenvalue weighted by Crippen LogP contribution is 2.24. The van der Waals surface area contributed by atoms with Crippen LogP contribution >= 0.6 is 11.8 Å². The number of rotatable bonds is 10. The molecule has 0 radical (unpaired) electrons. The minimum atomic E-state index is -0.782. The number of thioether (sulfide) groups is 1. The number of aliphatic carboxylic acids is 1. The first-order chi connectivity index (χ1) is 11.7. The molecule has 1 amide bonds. The summed E-state index contributed by atoms with van der Waals surface area (Å²) in [4.78, 5) is 23.7. The molecule has 0 aliphatic carbocycles. The predicted octanol–water partition coefficient (Wildman–Crippen LogP) is 3.95. The number of unbranched alkanes of at least 4 members (excludes halogenated alkanes) is 2. The average Bonchev–Trinajstić information content (AvgIpc) is 3.05. The van der Waals surface area contributed by atoms with E-state index in [1.807, 2.05) is 36.4 Å². The van der Waals surface area contributed by atoms with Crippen LogP contribution < -0.4 is 5.32 Å². The number of carbonyl (C=O) groups is 2. The summed E-state index contributed by atoms with van der Waals surface area (Å²) in [5.74, 6) is 0.0167. The molecule has 0 bridgehead atoms. The van der Waals surface area contributed by atoms with Gasteiger partial charge in [0, 0.05) is 29.2 Å². The Morgan fingerprint density at radius 3 is 2.62 bits per heavy atom. The molecule has 128 valence electrons. The molecule has 0 saturated carbocycles. The van der Waals surface area contributed by atoms with Gasteiger partial charge >= 0.3 is 5.97 Å². The van der Waals surface area contributed by atoms with Gasteiger partial charge in [0.25, 0.3) is 5.91 Å². The molecule has 0 aliphatic rings. The number of carboxylic acids is 1. The van der Waals surface area contributed by atoms with E-state index in [0.717, 1.165) is 23.3 Å². The topological polar surface area (TPSA) is 79.5 Å². The molecule has 0 unspecified atom stereocenters. The number of nitrogens with one attached hydrogen (secondary N) is 1. The van der Waals surface area contributed by atoms with Crippen LogP contribution in [0.4, 0.5) is 0 Å². The molecule has 1 aromatic heterocycles. The summed E-state index contributed by atoms with van der Waals surface area (Å²) in [6.07, 6.45) is 3.87. The number of carbonyl (C=O) groups excluding carboxylic acids is 1. The molecule has 2 N–H and O–H groups in total. The Labute approximate surface area is 145 Å². The maximum absolute atomic E-state index is 12.2. The molecule has 5 nitrogen and oxygen atoms in total. The molecule has 6 heteroatoms. The van der Waals surface area contributed by atoms with E-state index in [4.69, 9.17) is 9.52 Å².